The quantitative estimate of drug-likeness (QED) is 0.725. The SMILES string of the molecule is CC(CO)CCCNC(=O)c1ccn(C)c(=O)c1. The molecule has 0 saturated carbocycles. The number of rotatable bonds is 6. The third-order valence-electron chi connectivity index (χ3n) is 2.84. The molecular weight excluding hydrogens is 232 g/mol. The lowest BCUT2D eigenvalue weighted by molar-refractivity contribution is 0.0952. The van der Waals surface area contributed by atoms with Gasteiger partial charge in [0.15, 0.2) is 0 Å². The number of nitrogens with zero attached hydrogens (tertiary/aromatic N) is 1. The van der Waals surface area contributed by atoms with Crippen molar-refractivity contribution in [2.75, 3.05) is 13.2 Å². The Bertz CT molecular complexity index is 454. The molecule has 1 heterocycles. The molecule has 100 valence electrons. The molecule has 1 aromatic heterocycles. The molecule has 0 fully saturated rings. The van der Waals surface area contributed by atoms with E-state index < -0.39 is 0 Å². The Kier molecular flexibility index (Phi) is 5.58. The number of amides is 1. The molecule has 5 nitrogen and oxygen atoms in total. The summed E-state index contributed by atoms with van der Waals surface area (Å²) in [4.78, 5) is 23.1. The van der Waals surface area contributed by atoms with Gasteiger partial charge in [0.1, 0.15) is 0 Å². The zero-order valence-corrected chi connectivity index (χ0v) is 10.8. The Labute approximate surface area is 106 Å². The van der Waals surface area contributed by atoms with Gasteiger partial charge in [0.05, 0.1) is 0 Å². The summed E-state index contributed by atoms with van der Waals surface area (Å²) in [5.74, 6) is 0.0234. The van der Waals surface area contributed by atoms with Crippen LogP contribution in [0.2, 0.25) is 0 Å². The molecule has 2 N–H and O–H groups in total. The fourth-order valence-electron chi connectivity index (χ4n) is 1.54. The van der Waals surface area contributed by atoms with E-state index in [1.54, 1.807) is 19.3 Å². The first-order chi connectivity index (χ1) is 8.54. The molecule has 0 spiro atoms. The van der Waals surface area contributed by atoms with Gasteiger partial charge in [-0.25, -0.2) is 0 Å². The second-order valence-electron chi connectivity index (χ2n) is 4.55. The summed E-state index contributed by atoms with van der Waals surface area (Å²) < 4.78 is 1.42. The number of aryl methyl sites for hydroxylation is 1. The van der Waals surface area contributed by atoms with Gasteiger partial charge in [0.2, 0.25) is 0 Å². The monoisotopic (exact) mass is 252 g/mol. The summed E-state index contributed by atoms with van der Waals surface area (Å²) in [6.45, 7) is 2.68. The van der Waals surface area contributed by atoms with Gasteiger partial charge in [0.25, 0.3) is 11.5 Å². The van der Waals surface area contributed by atoms with Gasteiger partial charge in [-0.3, -0.25) is 9.59 Å². The Balaban J connectivity index is 2.41. The van der Waals surface area contributed by atoms with Crippen LogP contribution in [0.15, 0.2) is 23.1 Å². The van der Waals surface area contributed by atoms with Crippen molar-refractivity contribution in [1.29, 1.82) is 0 Å². The van der Waals surface area contributed by atoms with Crippen LogP contribution in [0.4, 0.5) is 0 Å². The molecule has 1 rings (SSSR count). The number of hydrogen-bond acceptors (Lipinski definition) is 3. The lowest BCUT2D eigenvalue weighted by Crippen LogP contribution is -2.27. The first-order valence-electron chi connectivity index (χ1n) is 6.10. The molecule has 1 atom stereocenters. The normalized spacial score (nSPS) is 12.2. The molecule has 0 bridgehead atoms. The van der Waals surface area contributed by atoms with Crippen LogP contribution in [0.25, 0.3) is 0 Å². The Morgan fingerprint density at radius 3 is 2.89 bits per heavy atom. The predicted octanol–water partition coefficient (Wildman–Crippen LogP) is 0.524. The highest BCUT2D eigenvalue weighted by Crippen LogP contribution is 2.03. The number of carbonyl (C=O) groups excluding carboxylic acids is 1. The van der Waals surface area contributed by atoms with Crippen LogP contribution in [0.1, 0.15) is 30.1 Å². The van der Waals surface area contributed by atoms with E-state index in [9.17, 15) is 9.59 Å². The van der Waals surface area contributed by atoms with Crippen molar-refractivity contribution in [2.45, 2.75) is 19.8 Å². The number of carbonyl (C=O) groups is 1. The summed E-state index contributed by atoms with van der Waals surface area (Å²) in [6.07, 6.45) is 3.26. The molecule has 1 unspecified atom stereocenters. The maximum Gasteiger partial charge on any atom is 0.251 e. The third kappa shape index (κ3) is 4.33. The van der Waals surface area contributed by atoms with Gasteiger partial charge in [0, 0.05) is 38.0 Å². The van der Waals surface area contributed by atoms with E-state index in [1.807, 2.05) is 6.92 Å². The van der Waals surface area contributed by atoms with Gasteiger partial charge in [-0.2, -0.15) is 0 Å². The third-order valence-corrected chi connectivity index (χ3v) is 2.84. The lowest BCUT2D eigenvalue weighted by atomic mass is 10.1. The van der Waals surface area contributed by atoms with Crippen LogP contribution in [0, 0.1) is 5.92 Å². The van der Waals surface area contributed by atoms with E-state index in [4.69, 9.17) is 5.11 Å². The summed E-state index contributed by atoms with van der Waals surface area (Å²) in [7, 11) is 1.64. The van der Waals surface area contributed by atoms with Crippen LogP contribution in [0.3, 0.4) is 0 Å². The van der Waals surface area contributed by atoms with E-state index in [0.29, 0.717) is 12.1 Å². The van der Waals surface area contributed by atoms with E-state index in [1.165, 1.54) is 10.6 Å². The van der Waals surface area contributed by atoms with E-state index in [0.717, 1.165) is 12.8 Å². The molecule has 0 saturated heterocycles. The van der Waals surface area contributed by atoms with Crippen molar-refractivity contribution in [3.05, 3.63) is 34.2 Å². The van der Waals surface area contributed by atoms with Crippen LogP contribution in [0.5, 0.6) is 0 Å². The molecule has 1 amide bonds. The molecule has 0 aliphatic heterocycles. The van der Waals surface area contributed by atoms with Crippen molar-refractivity contribution in [2.24, 2.45) is 13.0 Å². The highest BCUT2D eigenvalue weighted by molar-refractivity contribution is 5.93. The van der Waals surface area contributed by atoms with Crippen molar-refractivity contribution in [1.82, 2.24) is 9.88 Å². The minimum atomic E-state index is -0.232. The average molecular weight is 252 g/mol. The number of aromatic nitrogens is 1. The van der Waals surface area contributed by atoms with Crippen molar-refractivity contribution in [3.63, 3.8) is 0 Å². The number of aliphatic hydroxyl groups excluding tert-OH is 1. The highest BCUT2D eigenvalue weighted by atomic mass is 16.3. The fraction of sp³-hybridized carbons (Fsp3) is 0.538. The fourth-order valence-corrected chi connectivity index (χ4v) is 1.54. The second-order valence-corrected chi connectivity index (χ2v) is 4.55. The number of nitrogens with one attached hydrogen (secondary N) is 1. The Morgan fingerprint density at radius 1 is 1.56 bits per heavy atom. The molecule has 0 aliphatic rings. The lowest BCUT2D eigenvalue weighted by Gasteiger charge is -2.08. The Morgan fingerprint density at radius 2 is 2.28 bits per heavy atom. The van der Waals surface area contributed by atoms with Crippen LogP contribution in [-0.4, -0.2) is 28.7 Å². The van der Waals surface area contributed by atoms with Gasteiger partial charge in [-0.15, -0.1) is 0 Å². The number of pyridine rings is 1. The molecule has 0 aliphatic carbocycles. The number of hydrogen-bond donors (Lipinski definition) is 2. The van der Waals surface area contributed by atoms with Gasteiger partial charge in [-0.05, 0) is 24.8 Å². The van der Waals surface area contributed by atoms with E-state index >= 15 is 0 Å². The summed E-state index contributed by atoms with van der Waals surface area (Å²) in [6, 6.07) is 2.94. The first kappa shape index (κ1) is 14.4. The summed E-state index contributed by atoms with van der Waals surface area (Å²) >= 11 is 0. The van der Waals surface area contributed by atoms with Gasteiger partial charge >= 0.3 is 0 Å². The minimum absolute atomic E-state index is 0.169. The summed E-state index contributed by atoms with van der Waals surface area (Å²) in [5, 5.41) is 11.6. The molecule has 18 heavy (non-hydrogen) atoms. The van der Waals surface area contributed by atoms with Crippen LogP contribution < -0.4 is 10.9 Å². The van der Waals surface area contributed by atoms with Crippen molar-refractivity contribution in [3.8, 4) is 0 Å². The highest BCUT2D eigenvalue weighted by Gasteiger charge is 2.06. The minimum Gasteiger partial charge on any atom is -0.396 e. The largest absolute Gasteiger partial charge is 0.396 e. The molecule has 5 heteroatoms. The number of aliphatic hydroxyl groups is 1. The molecule has 1 aromatic rings. The topological polar surface area (TPSA) is 71.3 Å². The standard InChI is InChI=1S/C13H20N2O3/c1-10(9-16)4-3-6-14-13(18)11-5-7-15(2)12(17)8-11/h5,7-8,10,16H,3-4,6,9H2,1-2H3,(H,14,18). The summed E-state index contributed by atoms with van der Waals surface area (Å²) in [5.41, 5.74) is 0.185. The Hall–Kier alpha value is -1.62. The first-order valence-corrected chi connectivity index (χ1v) is 6.10. The maximum absolute atomic E-state index is 11.7. The van der Waals surface area contributed by atoms with Crippen LogP contribution >= 0.6 is 0 Å². The zero-order valence-electron chi connectivity index (χ0n) is 10.8. The molecular formula is C13H20N2O3. The molecule has 0 aromatic carbocycles. The van der Waals surface area contributed by atoms with E-state index in [-0.39, 0.29) is 24.0 Å². The smallest absolute Gasteiger partial charge is 0.251 e. The van der Waals surface area contributed by atoms with Crippen molar-refractivity contribution >= 4 is 5.91 Å². The zero-order chi connectivity index (χ0) is 13.5. The average Bonchev–Trinajstić information content (AvgIpc) is 2.37. The van der Waals surface area contributed by atoms with Gasteiger partial charge in [-0.1, -0.05) is 6.92 Å². The molecule has 0 radical (unpaired) electrons. The van der Waals surface area contributed by atoms with Crippen molar-refractivity contribution < 1.29 is 9.90 Å². The van der Waals surface area contributed by atoms with E-state index in [2.05, 4.69) is 5.32 Å². The maximum atomic E-state index is 11.7. The second kappa shape index (κ2) is 6.96. The van der Waals surface area contributed by atoms with Gasteiger partial charge < -0.3 is 15.0 Å². The predicted molar refractivity (Wildman–Crippen MR) is 69.5 cm³/mol. The van der Waals surface area contributed by atoms with Crippen LogP contribution in [-0.2, 0) is 7.05 Å².